The van der Waals surface area contributed by atoms with Crippen molar-refractivity contribution in [2.75, 3.05) is 5.32 Å². The van der Waals surface area contributed by atoms with Crippen LogP contribution in [0.2, 0.25) is 0 Å². The Morgan fingerprint density at radius 3 is 2.75 bits per heavy atom. The molecule has 0 saturated heterocycles. The van der Waals surface area contributed by atoms with Crippen molar-refractivity contribution in [1.29, 1.82) is 0 Å². The minimum atomic E-state index is -0.522. The molecule has 0 spiro atoms. The molecule has 2 aromatic heterocycles. The van der Waals surface area contributed by atoms with E-state index in [1.54, 1.807) is 6.07 Å². The number of fused-ring (bicyclic) bond motifs is 1. The molecule has 1 amide bonds. The minimum Gasteiger partial charge on any atom is -0.322 e. The fraction of sp³-hybridized carbons (Fsp3) is 0.0476. The predicted molar refractivity (Wildman–Crippen MR) is 106 cm³/mol. The largest absolute Gasteiger partial charge is 0.322 e. The van der Waals surface area contributed by atoms with E-state index < -0.39 is 10.8 Å². The lowest BCUT2D eigenvalue weighted by molar-refractivity contribution is -0.384. The van der Waals surface area contributed by atoms with E-state index in [9.17, 15) is 14.9 Å². The van der Waals surface area contributed by atoms with Crippen LogP contribution >= 0.6 is 0 Å². The number of hydrogen-bond donors (Lipinski definition) is 1. The zero-order valence-corrected chi connectivity index (χ0v) is 15.0. The highest BCUT2D eigenvalue weighted by Gasteiger charge is 2.13. The van der Waals surface area contributed by atoms with Gasteiger partial charge in [0.15, 0.2) is 0 Å². The Morgan fingerprint density at radius 1 is 1.11 bits per heavy atom. The van der Waals surface area contributed by atoms with Crippen molar-refractivity contribution in [3.63, 3.8) is 0 Å². The molecule has 4 rings (SSSR count). The zero-order chi connectivity index (χ0) is 19.7. The number of nitrogens with zero attached hydrogens (tertiary/aromatic N) is 3. The first-order valence-corrected chi connectivity index (χ1v) is 8.62. The van der Waals surface area contributed by atoms with E-state index in [-0.39, 0.29) is 11.3 Å². The van der Waals surface area contributed by atoms with Crippen LogP contribution in [0.5, 0.6) is 0 Å². The van der Waals surface area contributed by atoms with Gasteiger partial charge in [-0.2, -0.15) is 0 Å². The van der Waals surface area contributed by atoms with E-state index in [4.69, 9.17) is 0 Å². The smallest absolute Gasteiger partial charge is 0.270 e. The minimum absolute atomic E-state index is 0.122. The van der Waals surface area contributed by atoms with Crippen molar-refractivity contribution in [1.82, 2.24) is 9.38 Å². The maximum atomic E-state index is 12.6. The first-order chi connectivity index (χ1) is 13.5. The number of nitrogens with one attached hydrogen (secondary N) is 1. The third-order valence-electron chi connectivity index (χ3n) is 4.46. The molecule has 138 valence electrons. The van der Waals surface area contributed by atoms with Crippen LogP contribution in [0.25, 0.3) is 16.9 Å². The molecule has 0 aliphatic heterocycles. The number of nitro groups is 1. The van der Waals surface area contributed by atoms with Gasteiger partial charge >= 0.3 is 0 Å². The maximum absolute atomic E-state index is 12.6. The van der Waals surface area contributed by atoms with Gasteiger partial charge in [-0.25, -0.2) is 4.98 Å². The van der Waals surface area contributed by atoms with E-state index in [2.05, 4.69) is 10.3 Å². The summed E-state index contributed by atoms with van der Waals surface area (Å²) in [5, 5.41) is 13.8. The van der Waals surface area contributed by atoms with Crippen LogP contribution in [0.15, 0.2) is 73.1 Å². The van der Waals surface area contributed by atoms with Gasteiger partial charge in [0.2, 0.25) is 0 Å². The van der Waals surface area contributed by atoms with Crippen molar-refractivity contribution in [3.05, 3.63) is 94.3 Å². The van der Waals surface area contributed by atoms with Crippen LogP contribution in [-0.4, -0.2) is 20.2 Å². The predicted octanol–water partition coefficient (Wildman–Crippen LogP) is 4.47. The average Bonchev–Trinajstić information content (AvgIpc) is 3.14. The molecule has 0 saturated carbocycles. The Balaban J connectivity index is 1.65. The van der Waals surface area contributed by atoms with Crippen LogP contribution in [0, 0.1) is 17.0 Å². The highest BCUT2D eigenvalue weighted by atomic mass is 16.6. The molecule has 0 aliphatic carbocycles. The second-order valence-corrected chi connectivity index (χ2v) is 6.38. The number of carbonyl (C=O) groups is 1. The Kier molecular flexibility index (Phi) is 4.33. The van der Waals surface area contributed by atoms with Gasteiger partial charge in [-0.15, -0.1) is 0 Å². The molecule has 28 heavy (non-hydrogen) atoms. The van der Waals surface area contributed by atoms with Crippen LogP contribution in [0.4, 0.5) is 11.4 Å². The van der Waals surface area contributed by atoms with Crippen molar-refractivity contribution < 1.29 is 9.72 Å². The second kappa shape index (κ2) is 6.96. The van der Waals surface area contributed by atoms with Crippen LogP contribution in [-0.2, 0) is 0 Å². The summed E-state index contributed by atoms with van der Waals surface area (Å²) in [6.07, 6.45) is 3.84. The molecule has 0 fully saturated rings. The van der Waals surface area contributed by atoms with E-state index in [0.717, 1.165) is 22.5 Å². The lowest BCUT2D eigenvalue weighted by Gasteiger charge is -2.10. The highest BCUT2D eigenvalue weighted by Crippen LogP contribution is 2.26. The summed E-state index contributed by atoms with van der Waals surface area (Å²) < 4.78 is 1.93. The van der Waals surface area contributed by atoms with Crippen molar-refractivity contribution in [2.24, 2.45) is 0 Å². The van der Waals surface area contributed by atoms with E-state index in [1.807, 2.05) is 60.1 Å². The van der Waals surface area contributed by atoms with Gasteiger partial charge in [0.1, 0.15) is 5.65 Å². The Morgan fingerprint density at radius 2 is 1.96 bits per heavy atom. The molecule has 2 heterocycles. The van der Waals surface area contributed by atoms with Gasteiger partial charge in [-0.3, -0.25) is 14.9 Å². The summed E-state index contributed by atoms with van der Waals surface area (Å²) in [5.41, 5.74) is 4.10. The van der Waals surface area contributed by atoms with E-state index >= 15 is 0 Å². The van der Waals surface area contributed by atoms with E-state index in [1.165, 1.54) is 18.2 Å². The maximum Gasteiger partial charge on any atom is 0.270 e. The molecule has 0 atom stereocenters. The summed E-state index contributed by atoms with van der Waals surface area (Å²) in [6.45, 7) is 1.89. The Hall–Kier alpha value is -4.00. The molecule has 4 aromatic rings. The topological polar surface area (TPSA) is 89.5 Å². The summed E-state index contributed by atoms with van der Waals surface area (Å²) >= 11 is 0. The highest BCUT2D eigenvalue weighted by molar-refractivity contribution is 6.05. The summed E-state index contributed by atoms with van der Waals surface area (Å²) in [7, 11) is 0. The number of aromatic nitrogens is 2. The molecule has 0 bridgehead atoms. The van der Waals surface area contributed by atoms with Crippen LogP contribution in [0.1, 0.15) is 15.9 Å². The van der Waals surface area contributed by atoms with Crippen LogP contribution < -0.4 is 5.32 Å². The number of amides is 1. The molecule has 7 heteroatoms. The Bertz CT molecular complexity index is 1180. The van der Waals surface area contributed by atoms with Crippen molar-refractivity contribution in [2.45, 2.75) is 6.92 Å². The zero-order valence-electron chi connectivity index (χ0n) is 15.0. The fourth-order valence-corrected chi connectivity index (χ4v) is 2.94. The number of anilines is 1. The van der Waals surface area contributed by atoms with Gasteiger partial charge in [-0.05, 0) is 36.8 Å². The number of aryl methyl sites for hydroxylation is 1. The first-order valence-electron chi connectivity index (χ1n) is 8.62. The van der Waals surface area contributed by atoms with Crippen LogP contribution in [0.3, 0.4) is 0 Å². The Labute approximate surface area is 160 Å². The molecule has 7 nitrogen and oxygen atoms in total. The summed E-state index contributed by atoms with van der Waals surface area (Å²) in [4.78, 5) is 27.6. The van der Waals surface area contributed by atoms with Crippen molar-refractivity contribution >= 4 is 22.9 Å². The fourth-order valence-electron chi connectivity index (χ4n) is 2.94. The van der Waals surface area contributed by atoms with Gasteiger partial charge in [0, 0.05) is 41.3 Å². The third-order valence-corrected chi connectivity index (χ3v) is 4.46. The van der Waals surface area contributed by atoms with Gasteiger partial charge in [-0.1, -0.05) is 24.3 Å². The van der Waals surface area contributed by atoms with Gasteiger partial charge in [0.05, 0.1) is 10.6 Å². The summed E-state index contributed by atoms with van der Waals surface area (Å²) in [6, 6.07) is 17.1. The number of hydrogen-bond acceptors (Lipinski definition) is 4. The summed E-state index contributed by atoms with van der Waals surface area (Å²) in [5.74, 6) is -0.404. The molecule has 1 N–H and O–H groups in total. The number of benzene rings is 2. The standard InChI is InChI=1S/C21H16N4O3/c1-14-8-9-15(19-13-24-10-3-2-7-20(24)22-19)12-18(14)23-21(26)16-5-4-6-17(11-16)25(27)28/h2-13H,1H3,(H,23,26). The number of carbonyl (C=O) groups excluding carboxylic acids is 1. The second-order valence-electron chi connectivity index (χ2n) is 6.38. The monoisotopic (exact) mass is 372 g/mol. The molecular formula is C21H16N4O3. The molecular weight excluding hydrogens is 356 g/mol. The van der Waals surface area contributed by atoms with E-state index in [0.29, 0.717) is 5.69 Å². The number of pyridine rings is 1. The normalized spacial score (nSPS) is 10.8. The SMILES string of the molecule is Cc1ccc(-c2cn3ccccc3n2)cc1NC(=O)c1cccc([N+](=O)[O-])c1. The van der Waals surface area contributed by atoms with Crippen molar-refractivity contribution in [3.8, 4) is 11.3 Å². The quantitative estimate of drug-likeness (QED) is 0.423. The number of nitro benzene ring substituents is 1. The lowest BCUT2D eigenvalue weighted by Crippen LogP contribution is -2.13. The average molecular weight is 372 g/mol. The number of rotatable bonds is 4. The molecule has 0 aliphatic rings. The number of non-ortho nitro benzene ring substituents is 1. The number of imidazole rings is 1. The third kappa shape index (κ3) is 3.33. The molecule has 2 aromatic carbocycles. The molecule has 0 unspecified atom stereocenters. The lowest BCUT2D eigenvalue weighted by atomic mass is 10.1. The van der Waals surface area contributed by atoms with Gasteiger partial charge < -0.3 is 9.72 Å². The first kappa shape index (κ1) is 17.4. The molecule has 0 radical (unpaired) electrons. The van der Waals surface area contributed by atoms with Gasteiger partial charge in [0.25, 0.3) is 11.6 Å².